The second-order valence-corrected chi connectivity index (χ2v) is 13.9. The van der Waals surface area contributed by atoms with E-state index in [0.717, 1.165) is 21.9 Å². The average molecular weight is 732 g/mol. The minimum absolute atomic E-state index is 0.127. The van der Waals surface area contributed by atoms with E-state index < -0.39 is 17.7 Å². The first-order chi connectivity index (χ1) is 25.4. The van der Waals surface area contributed by atoms with E-state index in [1.54, 1.807) is 36.4 Å². The van der Waals surface area contributed by atoms with Gasteiger partial charge >= 0.3 is 5.91 Å². The fourth-order valence-electron chi connectivity index (χ4n) is 6.11. The maximum absolute atomic E-state index is 13.9. The SMILES string of the molecule is COc1ccc(/C(O)=C2\C(=O)C(=O)N(c3nnc(SCc4cccc5ccccc45)s3)C2c2ccc(OCc3ccccc3)c(OC)c2)cc1OC. The minimum Gasteiger partial charge on any atom is -0.507 e. The maximum Gasteiger partial charge on any atom is 0.301 e. The maximum atomic E-state index is 13.9. The molecule has 1 atom stereocenters. The zero-order chi connectivity index (χ0) is 36.2. The van der Waals surface area contributed by atoms with Crippen molar-refractivity contribution in [3.05, 3.63) is 137 Å². The molecule has 0 saturated carbocycles. The quantitative estimate of drug-likeness (QED) is 0.0434. The van der Waals surface area contributed by atoms with Crippen LogP contribution >= 0.6 is 23.1 Å². The van der Waals surface area contributed by atoms with Crippen molar-refractivity contribution in [3.63, 3.8) is 0 Å². The van der Waals surface area contributed by atoms with Gasteiger partial charge in [0.1, 0.15) is 12.4 Å². The summed E-state index contributed by atoms with van der Waals surface area (Å²) in [7, 11) is 4.49. The van der Waals surface area contributed by atoms with Gasteiger partial charge in [-0.3, -0.25) is 14.5 Å². The molecule has 1 unspecified atom stereocenters. The van der Waals surface area contributed by atoms with Gasteiger partial charge in [-0.15, -0.1) is 10.2 Å². The molecule has 7 rings (SSSR count). The van der Waals surface area contributed by atoms with Crippen molar-refractivity contribution < 1.29 is 33.6 Å². The molecule has 1 amide bonds. The summed E-state index contributed by atoms with van der Waals surface area (Å²) in [5.74, 6) is 0.149. The van der Waals surface area contributed by atoms with Crippen molar-refractivity contribution in [2.75, 3.05) is 26.2 Å². The Bertz CT molecular complexity index is 2300. The molecule has 1 aromatic heterocycles. The van der Waals surface area contributed by atoms with Gasteiger partial charge in [0.25, 0.3) is 5.78 Å². The standard InChI is InChI=1S/C40H33N3O7S2/c1-47-30-18-17-27(21-32(30)48-2)36(44)34-35(26-16-19-31(33(20-26)49-3)50-22-24-10-5-4-6-11-24)43(38(46)37(34)45)39-41-42-40(52-39)51-23-28-14-9-13-25-12-7-8-15-29(25)28/h4-21,35,44H,22-23H2,1-3H3/b36-34+. The van der Waals surface area contributed by atoms with E-state index in [0.29, 0.717) is 45.3 Å². The molecule has 0 spiro atoms. The van der Waals surface area contributed by atoms with Crippen molar-refractivity contribution in [2.45, 2.75) is 22.7 Å². The number of nitrogens with zero attached hydrogens (tertiary/aromatic N) is 3. The number of fused-ring (bicyclic) bond motifs is 1. The third kappa shape index (κ3) is 6.78. The smallest absolute Gasteiger partial charge is 0.301 e. The van der Waals surface area contributed by atoms with Crippen LogP contribution in [0.4, 0.5) is 5.13 Å². The molecule has 262 valence electrons. The van der Waals surface area contributed by atoms with Crippen LogP contribution in [-0.2, 0) is 21.9 Å². The first kappa shape index (κ1) is 34.6. The Balaban J connectivity index is 1.27. The summed E-state index contributed by atoms with van der Waals surface area (Å²) < 4.78 is 23.2. The number of hydrogen-bond acceptors (Lipinski definition) is 11. The Morgan fingerprint density at radius 1 is 0.788 bits per heavy atom. The number of thioether (sulfide) groups is 1. The summed E-state index contributed by atoms with van der Waals surface area (Å²) >= 11 is 2.68. The topological polar surface area (TPSA) is 120 Å². The molecule has 1 aliphatic heterocycles. The van der Waals surface area contributed by atoms with Crippen LogP contribution in [0, 0.1) is 0 Å². The van der Waals surface area contributed by atoms with Gasteiger partial charge in [-0.25, -0.2) is 0 Å². The summed E-state index contributed by atoms with van der Waals surface area (Å²) in [4.78, 5) is 29.1. The summed E-state index contributed by atoms with van der Waals surface area (Å²) in [6.07, 6.45) is 0. The lowest BCUT2D eigenvalue weighted by Crippen LogP contribution is -2.29. The number of amides is 1. The van der Waals surface area contributed by atoms with Crippen LogP contribution < -0.4 is 23.8 Å². The third-order valence-corrected chi connectivity index (χ3v) is 10.8. The Hall–Kier alpha value is -5.85. The Morgan fingerprint density at radius 3 is 2.29 bits per heavy atom. The van der Waals surface area contributed by atoms with Gasteiger partial charge in [-0.1, -0.05) is 102 Å². The number of ketones is 1. The lowest BCUT2D eigenvalue weighted by molar-refractivity contribution is -0.132. The fourth-order valence-corrected chi connectivity index (χ4v) is 7.98. The normalized spacial score (nSPS) is 15.2. The van der Waals surface area contributed by atoms with Crippen molar-refractivity contribution in [3.8, 4) is 23.0 Å². The number of rotatable bonds is 12. The molecule has 0 bridgehead atoms. The van der Waals surface area contributed by atoms with Crippen LogP contribution in [0.5, 0.6) is 23.0 Å². The molecule has 0 radical (unpaired) electrons. The number of ether oxygens (including phenoxy) is 4. The molecule has 1 saturated heterocycles. The molecule has 1 aliphatic rings. The molecule has 0 aliphatic carbocycles. The lowest BCUT2D eigenvalue weighted by atomic mass is 9.95. The van der Waals surface area contributed by atoms with E-state index in [2.05, 4.69) is 34.5 Å². The first-order valence-electron chi connectivity index (χ1n) is 16.2. The number of carbonyl (C=O) groups excluding carboxylic acids is 2. The monoisotopic (exact) mass is 731 g/mol. The average Bonchev–Trinajstić information content (AvgIpc) is 3.77. The van der Waals surface area contributed by atoms with Gasteiger partial charge in [-0.2, -0.15) is 0 Å². The number of carbonyl (C=O) groups is 2. The van der Waals surface area contributed by atoms with E-state index in [1.807, 2.05) is 48.5 Å². The van der Waals surface area contributed by atoms with Crippen LogP contribution in [0.3, 0.4) is 0 Å². The molecule has 1 N–H and O–H groups in total. The highest BCUT2D eigenvalue weighted by atomic mass is 32.2. The summed E-state index contributed by atoms with van der Waals surface area (Å²) in [5, 5.41) is 23.0. The summed E-state index contributed by atoms with van der Waals surface area (Å²) in [5.41, 5.74) is 2.74. The van der Waals surface area contributed by atoms with Crippen molar-refractivity contribution >= 4 is 56.5 Å². The number of aliphatic hydroxyl groups is 1. The van der Waals surface area contributed by atoms with E-state index in [4.69, 9.17) is 18.9 Å². The molecular formula is C40H33N3O7S2. The van der Waals surface area contributed by atoms with E-state index >= 15 is 0 Å². The number of methoxy groups -OCH3 is 3. The van der Waals surface area contributed by atoms with Gasteiger partial charge in [0.2, 0.25) is 5.13 Å². The first-order valence-corrected chi connectivity index (χ1v) is 18.0. The van der Waals surface area contributed by atoms with E-state index in [1.165, 1.54) is 49.3 Å². The lowest BCUT2D eigenvalue weighted by Gasteiger charge is -2.23. The molecule has 52 heavy (non-hydrogen) atoms. The minimum atomic E-state index is -1.07. The Labute approximate surface area is 308 Å². The van der Waals surface area contributed by atoms with Gasteiger partial charge in [0, 0.05) is 11.3 Å². The van der Waals surface area contributed by atoms with E-state index in [-0.39, 0.29) is 22.0 Å². The number of hydrogen-bond donors (Lipinski definition) is 1. The zero-order valence-corrected chi connectivity index (χ0v) is 30.1. The number of Topliss-reactive ketones (excluding diaryl/α,β-unsaturated/α-hetero) is 1. The van der Waals surface area contributed by atoms with Crippen LogP contribution in [0.1, 0.15) is 28.3 Å². The predicted molar refractivity (Wildman–Crippen MR) is 202 cm³/mol. The van der Waals surface area contributed by atoms with Gasteiger partial charge < -0.3 is 24.1 Å². The zero-order valence-electron chi connectivity index (χ0n) is 28.4. The fraction of sp³-hybridized carbons (Fsp3) is 0.150. The van der Waals surface area contributed by atoms with Crippen LogP contribution in [0.15, 0.2) is 119 Å². The molecule has 1 fully saturated rings. The number of anilines is 1. The largest absolute Gasteiger partial charge is 0.507 e. The van der Waals surface area contributed by atoms with Crippen molar-refractivity contribution in [1.82, 2.24) is 10.2 Å². The second-order valence-electron chi connectivity index (χ2n) is 11.7. The van der Waals surface area contributed by atoms with Crippen LogP contribution in [0.2, 0.25) is 0 Å². The van der Waals surface area contributed by atoms with Gasteiger partial charge in [-0.05, 0) is 57.8 Å². The van der Waals surface area contributed by atoms with Gasteiger partial charge in [0.05, 0.1) is 32.9 Å². The van der Waals surface area contributed by atoms with Crippen LogP contribution in [0.25, 0.3) is 16.5 Å². The van der Waals surface area contributed by atoms with Crippen LogP contribution in [-0.4, -0.2) is 48.3 Å². The number of aromatic nitrogens is 2. The highest BCUT2D eigenvalue weighted by Gasteiger charge is 2.48. The number of aliphatic hydroxyl groups excluding tert-OH is 1. The van der Waals surface area contributed by atoms with Gasteiger partial charge in [0.15, 0.2) is 27.3 Å². The van der Waals surface area contributed by atoms with Crippen molar-refractivity contribution in [1.29, 1.82) is 0 Å². The molecular weight excluding hydrogens is 699 g/mol. The predicted octanol–water partition coefficient (Wildman–Crippen LogP) is 8.21. The highest BCUT2D eigenvalue weighted by molar-refractivity contribution is 8.00. The van der Waals surface area contributed by atoms with E-state index in [9.17, 15) is 14.7 Å². The molecule has 10 nitrogen and oxygen atoms in total. The molecule has 12 heteroatoms. The Morgan fingerprint density at radius 2 is 1.50 bits per heavy atom. The highest BCUT2D eigenvalue weighted by Crippen LogP contribution is 2.46. The molecule has 2 heterocycles. The Kier molecular flexibility index (Phi) is 10.1. The summed E-state index contributed by atoms with van der Waals surface area (Å²) in [6, 6.07) is 32.9. The summed E-state index contributed by atoms with van der Waals surface area (Å²) in [6.45, 7) is 0.304. The third-order valence-electron chi connectivity index (χ3n) is 8.67. The van der Waals surface area contributed by atoms with Crippen molar-refractivity contribution in [2.24, 2.45) is 0 Å². The molecule has 6 aromatic rings. The second kappa shape index (κ2) is 15.2. The number of benzene rings is 5. The molecule has 5 aromatic carbocycles.